The Labute approximate surface area is 166 Å². The van der Waals surface area contributed by atoms with Crippen molar-refractivity contribution in [3.8, 4) is 0 Å². The van der Waals surface area contributed by atoms with E-state index in [9.17, 15) is 4.79 Å². The maximum atomic E-state index is 12.4. The van der Waals surface area contributed by atoms with E-state index < -0.39 is 0 Å². The highest BCUT2D eigenvalue weighted by Crippen LogP contribution is 2.25. The number of amides is 1. The third kappa shape index (κ3) is 5.28. The summed E-state index contributed by atoms with van der Waals surface area (Å²) in [6, 6.07) is 8.75. The molecule has 0 radical (unpaired) electrons. The molecule has 2 heterocycles. The second-order valence-corrected chi connectivity index (χ2v) is 8.69. The van der Waals surface area contributed by atoms with Crippen LogP contribution in [0.1, 0.15) is 50.6 Å². The molecule has 0 saturated carbocycles. The van der Waals surface area contributed by atoms with Crippen LogP contribution in [0.25, 0.3) is 0 Å². The van der Waals surface area contributed by atoms with Crippen molar-refractivity contribution in [3.63, 3.8) is 0 Å². The molecule has 27 heavy (non-hydrogen) atoms. The lowest BCUT2D eigenvalue weighted by atomic mass is 9.95. The molecule has 1 saturated heterocycles. The SMILES string of the molecule is Cc1ccc(Cc2nsc(N3CCC(C(=O)NC(C)C(C)C)CC3)n2)cc1. The molecule has 1 unspecified atom stereocenters. The van der Waals surface area contributed by atoms with Crippen LogP contribution in [-0.2, 0) is 11.2 Å². The molecule has 5 nitrogen and oxygen atoms in total. The molecule has 1 aliphatic heterocycles. The van der Waals surface area contributed by atoms with Gasteiger partial charge in [-0.05, 0) is 38.2 Å². The van der Waals surface area contributed by atoms with Gasteiger partial charge in [0.15, 0.2) is 0 Å². The highest BCUT2D eigenvalue weighted by Gasteiger charge is 2.27. The van der Waals surface area contributed by atoms with E-state index in [1.165, 1.54) is 22.7 Å². The van der Waals surface area contributed by atoms with Crippen molar-refractivity contribution in [1.82, 2.24) is 14.7 Å². The number of benzene rings is 1. The van der Waals surface area contributed by atoms with Gasteiger partial charge < -0.3 is 10.2 Å². The van der Waals surface area contributed by atoms with Crippen LogP contribution in [-0.4, -0.2) is 34.4 Å². The van der Waals surface area contributed by atoms with Crippen LogP contribution < -0.4 is 10.2 Å². The van der Waals surface area contributed by atoms with E-state index in [0.29, 0.717) is 5.92 Å². The predicted octanol–water partition coefficient (Wildman–Crippen LogP) is 3.81. The van der Waals surface area contributed by atoms with Gasteiger partial charge in [-0.3, -0.25) is 4.79 Å². The summed E-state index contributed by atoms with van der Waals surface area (Å²) in [6.07, 6.45) is 2.52. The summed E-state index contributed by atoms with van der Waals surface area (Å²) in [4.78, 5) is 19.4. The minimum atomic E-state index is 0.113. The van der Waals surface area contributed by atoms with Gasteiger partial charge in [0.25, 0.3) is 0 Å². The zero-order valence-electron chi connectivity index (χ0n) is 16.7. The van der Waals surface area contributed by atoms with Crippen LogP contribution in [0.2, 0.25) is 0 Å². The Balaban J connectivity index is 1.52. The quantitative estimate of drug-likeness (QED) is 0.820. The third-order valence-electron chi connectivity index (χ3n) is 5.45. The number of aromatic nitrogens is 2. The second-order valence-electron chi connectivity index (χ2n) is 7.96. The van der Waals surface area contributed by atoms with E-state index in [4.69, 9.17) is 4.98 Å². The molecule has 1 aromatic heterocycles. The monoisotopic (exact) mass is 386 g/mol. The fraction of sp³-hybridized carbons (Fsp3) is 0.571. The smallest absolute Gasteiger partial charge is 0.223 e. The maximum absolute atomic E-state index is 12.4. The minimum absolute atomic E-state index is 0.113. The van der Waals surface area contributed by atoms with Gasteiger partial charge in [0.2, 0.25) is 11.0 Å². The first-order chi connectivity index (χ1) is 12.9. The maximum Gasteiger partial charge on any atom is 0.223 e. The number of anilines is 1. The van der Waals surface area contributed by atoms with Crippen LogP contribution in [0.5, 0.6) is 0 Å². The van der Waals surface area contributed by atoms with Crippen molar-refractivity contribution in [2.24, 2.45) is 11.8 Å². The summed E-state index contributed by atoms with van der Waals surface area (Å²) in [5, 5.41) is 4.13. The van der Waals surface area contributed by atoms with Gasteiger partial charge in [-0.25, -0.2) is 4.98 Å². The van der Waals surface area contributed by atoms with Crippen LogP contribution in [0.3, 0.4) is 0 Å². The first kappa shape index (κ1) is 19.8. The van der Waals surface area contributed by atoms with Crippen molar-refractivity contribution in [2.75, 3.05) is 18.0 Å². The molecule has 3 rings (SSSR count). The van der Waals surface area contributed by atoms with Crippen molar-refractivity contribution < 1.29 is 4.79 Å². The number of nitrogens with zero attached hydrogens (tertiary/aromatic N) is 3. The summed E-state index contributed by atoms with van der Waals surface area (Å²) in [5.41, 5.74) is 2.50. The molecule has 2 aromatic rings. The van der Waals surface area contributed by atoms with Gasteiger partial charge in [-0.15, -0.1) is 0 Å². The Bertz CT molecular complexity index is 748. The topological polar surface area (TPSA) is 58.1 Å². The summed E-state index contributed by atoms with van der Waals surface area (Å²) < 4.78 is 4.53. The molecule has 1 fully saturated rings. The molecule has 1 amide bonds. The standard InChI is InChI=1S/C21H30N4OS/c1-14(2)16(4)22-20(26)18-9-11-25(12-10-18)21-23-19(24-27-21)13-17-7-5-15(3)6-8-17/h5-8,14,16,18H,9-13H2,1-4H3,(H,22,26). The number of nitrogens with one attached hydrogen (secondary N) is 1. The predicted molar refractivity (Wildman–Crippen MR) is 111 cm³/mol. The van der Waals surface area contributed by atoms with Gasteiger partial charge in [0, 0.05) is 43.0 Å². The van der Waals surface area contributed by atoms with Crippen molar-refractivity contribution in [1.29, 1.82) is 0 Å². The Morgan fingerprint density at radius 3 is 2.52 bits per heavy atom. The molecule has 146 valence electrons. The van der Waals surface area contributed by atoms with Gasteiger partial charge in [-0.2, -0.15) is 4.37 Å². The van der Waals surface area contributed by atoms with Crippen molar-refractivity contribution in [2.45, 2.75) is 53.0 Å². The highest BCUT2D eigenvalue weighted by atomic mass is 32.1. The molecular weight excluding hydrogens is 356 g/mol. The second kappa shape index (κ2) is 8.83. The zero-order valence-corrected chi connectivity index (χ0v) is 17.6. The lowest BCUT2D eigenvalue weighted by Gasteiger charge is -2.31. The first-order valence-corrected chi connectivity index (χ1v) is 10.6. The Morgan fingerprint density at radius 1 is 1.22 bits per heavy atom. The molecule has 1 atom stereocenters. The van der Waals surface area contributed by atoms with Crippen LogP contribution in [0, 0.1) is 18.8 Å². The number of hydrogen-bond acceptors (Lipinski definition) is 5. The van der Waals surface area contributed by atoms with Crippen LogP contribution in [0.4, 0.5) is 5.13 Å². The van der Waals surface area contributed by atoms with Crippen LogP contribution in [0.15, 0.2) is 24.3 Å². The van der Waals surface area contributed by atoms with E-state index in [0.717, 1.165) is 43.3 Å². The average Bonchev–Trinajstić information content (AvgIpc) is 3.12. The molecule has 1 N–H and O–H groups in total. The van der Waals surface area contributed by atoms with Gasteiger partial charge in [0.05, 0.1) is 0 Å². The molecule has 0 bridgehead atoms. The summed E-state index contributed by atoms with van der Waals surface area (Å²) in [7, 11) is 0. The van der Waals surface area contributed by atoms with E-state index in [1.54, 1.807) is 0 Å². The molecular formula is C21H30N4OS. The van der Waals surface area contributed by atoms with Gasteiger partial charge >= 0.3 is 0 Å². The number of hydrogen-bond donors (Lipinski definition) is 1. The Morgan fingerprint density at radius 2 is 1.89 bits per heavy atom. The summed E-state index contributed by atoms with van der Waals surface area (Å²) in [5.74, 6) is 1.66. The Kier molecular flexibility index (Phi) is 6.47. The number of rotatable bonds is 6. The number of piperidine rings is 1. The lowest BCUT2D eigenvalue weighted by Crippen LogP contribution is -2.44. The Hall–Kier alpha value is -1.95. The third-order valence-corrected chi connectivity index (χ3v) is 6.26. The summed E-state index contributed by atoms with van der Waals surface area (Å²) >= 11 is 1.47. The molecule has 1 aromatic carbocycles. The van der Waals surface area contributed by atoms with E-state index in [1.807, 2.05) is 0 Å². The number of carbonyl (C=O) groups excluding carboxylic acids is 1. The van der Waals surface area contributed by atoms with E-state index in [-0.39, 0.29) is 17.9 Å². The minimum Gasteiger partial charge on any atom is -0.353 e. The fourth-order valence-electron chi connectivity index (χ4n) is 3.18. The van der Waals surface area contributed by atoms with Gasteiger partial charge in [-0.1, -0.05) is 43.7 Å². The molecule has 0 aliphatic carbocycles. The van der Waals surface area contributed by atoms with E-state index >= 15 is 0 Å². The van der Waals surface area contributed by atoms with Crippen molar-refractivity contribution in [3.05, 3.63) is 41.2 Å². The zero-order chi connectivity index (χ0) is 19.4. The average molecular weight is 387 g/mol. The largest absolute Gasteiger partial charge is 0.353 e. The molecule has 6 heteroatoms. The highest BCUT2D eigenvalue weighted by molar-refractivity contribution is 7.09. The fourth-order valence-corrected chi connectivity index (χ4v) is 3.91. The van der Waals surface area contributed by atoms with E-state index in [2.05, 4.69) is 66.6 Å². The first-order valence-electron chi connectivity index (χ1n) is 9.86. The molecule has 0 spiro atoms. The normalized spacial score (nSPS) is 16.6. The van der Waals surface area contributed by atoms with Crippen LogP contribution >= 0.6 is 11.5 Å². The van der Waals surface area contributed by atoms with Gasteiger partial charge in [0.1, 0.15) is 5.82 Å². The molecule has 1 aliphatic rings. The number of carbonyl (C=O) groups is 1. The van der Waals surface area contributed by atoms with Crippen molar-refractivity contribution >= 4 is 22.6 Å². The summed E-state index contributed by atoms with van der Waals surface area (Å²) in [6.45, 7) is 10.2. The lowest BCUT2D eigenvalue weighted by molar-refractivity contribution is -0.126. The number of aryl methyl sites for hydroxylation is 1.